The van der Waals surface area contributed by atoms with Gasteiger partial charge in [-0.3, -0.25) is 9.69 Å². The van der Waals surface area contributed by atoms with Crippen molar-refractivity contribution in [2.45, 2.75) is 31.8 Å². The number of hydrogen-bond acceptors (Lipinski definition) is 3. The molecule has 0 radical (unpaired) electrons. The first kappa shape index (κ1) is 20.4. The van der Waals surface area contributed by atoms with E-state index in [1.165, 1.54) is 16.3 Å². The number of carbonyl (C=O) groups is 1. The Kier molecular flexibility index (Phi) is 6.29. The van der Waals surface area contributed by atoms with Gasteiger partial charge in [-0.1, -0.05) is 91.9 Å². The molecule has 3 nitrogen and oxygen atoms in total. The van der Waals surface area contributed by atoms with Crippen molar-refractivity contribution in [1.82, 2.24) is 4.90 Å². The number of likely N-dealkylation sites (tertiary alicyclic amines) is 1. The average molecular weight is 400 g/mol. The maximum Gasteiger partial charge on any atom is 0.306 e. The standard InChI is InChI=1S/C27H29NO2/c1-2-26(29)30-27(24-14-4-3-5-15-24)17-20-28(21-18-27)19-9-13-23-12-8-11-22-10-6-7-16-25(22)23/h3-16H,2,17-21H2,1H3/b13-9-. The maximum atomic E-state index is 12.1. The van der Waals surface area contributed by atoms with Crippen LogP contribution in [0.5, 0.6) is 0 Å². The smallest absolute Gasteiger partial charge is 0.306 e. The maximum absolute atomic E-state index is 12.1. The highest BCUT2D eigenvalue weighted by molar-refractivity contribution is 5.90. The first-order valence-electron chi connectivity index (χ1n) is 10.8. The molecule has 30 heavy (non-hydrogen) atoms. The fraction of sp³-hybridized carbons (Fsp3) is 0.296. The van der Waals surface area contributed by atoms with Gasteiger partial charge in [-0.2, -0.15) is 0 Å². The Labute approximate surface area is 179 Å². The van der Waals surface area contributed by atoms with Gasteiger partial charge < -0.3 is 4.74 Å². The van der Waals surface area contributed by atoms with Crippen molar-refractivity contribution in [3.63, 3.8) is 0 Å². The van der Waals surface area contributed by atoms with Crippen LogP contribution in [-0.4, -0.2) is 30.5 Å². The highest BCUT2D eigenvalue weighted by Gasteiger charge is 2.39. The minimum Gasteiger partial charge on any atom is -0.454 e. The molecule has 3 aromatic rings. The number of fused-ring (bicyclic) bond motifs is 1. The lowest BCUT2D eigenvalue weighted by Gasteiger charge is -2.41. The molecule has 0 atom stereocenters. The number of rotatable bonds is 6. The van der Waals surface area contributed by atoms with Gasteiger partial charge in [-0.25, -0.2) is 0 Å². The lowest BCUT2D eigenvalue weighted by Crippen LogP contribution is -2.45. The molecule has 1 aliphatic rings. The fourth-order valence-electron chi connectivity index (χ4n) is 4.30. The average Bonchev–Trinajstić information content (AvgIpc) is 2.81. The third-order valence-electron chi connectivity index (χ3n) is 6.05. The SMILES string of the molecule is CCC(=O)OC1(c2ccccc2)CCN(C/C=C\c2cccc3ccccc23)CC1. The van der Waals surface area contributed by atoms with Gasteiger partial charge >= 0.3 is 5.97 Å². The van der Waals surface area contributed by atoms with Crippen LogP contribution in [0, 0.1) is 0 Å². The predicted molar refractivity (Wildman–Crippen MR) is 123 cm³/mol. The summed E-state index contributed by atoms with van der Waals surface area (Å²) in [6, 6.07) is 25.1. The summed E-state index contributed by atoms with van der Waals surface area (Å²) in [7, 11) is 0. The van der Waals surface area contributed by atoms with Crippen molar-refractivity contribution in [1.29, 1.82) is 0 Å². The molecule has 154 valence electrons. The van der Waals surface area contributed by atoms with E-state index in [-0.39, 0.29) is 5.97 Å². The molecular formula is C27H29NO2. The lowest BCUT2D eigenvalue weighted by atomic mass is 9.84. The quantitative estimate of drug-likeness (QED) is 0.491. The van der Waals surface area contributed by atoms with Crippen LogP contribution < -0.4 is 0 Å². The van der Waals surface area contributed by atoms with Gasteiger partial charge in [0, 0.05) is 38.9 Å². The molecule has 0 aromatic heterocycles. The number of benzene rings is 3. The number of esters is 1. The Morgan fingerprint density at radius 3 is 2.43 bits per heavy atom. The molecule has 3 aromatic carbocycles. The van der Waals surface area contributed by atoms with E-state index in [1.807, 2.05) is 25.1 Å². The van der Waals surface area contributed by atoms with Crippen molar-refractivity contribution in [3.8, 4) is 0 Å². The van der Waals surface area contributed by atoms with Gasteiger partial charge in [0.25, 0.3) is 0 Å². The van der Waals surface area contributed by atoms with E-state index >= 15 is 0 Å². The second-order valence-electron chi connectivity index (χ2n) is 7.96. The first-order chi connectivity index (χ1) is 14.7. The molecular weight excluding hydrogens is 370 g/mol. The summed E-state index contributed by atoms with van der Waals surface area (Å²) < 4.78 is 6.00. The van der Waals surface area contributed by atoms with E-state index in [4.69, 9.17) is 4.74 Å². The Morgan fingerprint density at radius 2 is 1.67 bits per heavy atom. The molecule has 0 unspecified atom stereocenters. The Hall–Kier alpha value is -2.91. The largest absolute Gasteiger partial charge is 0.454 e. The van der Waals surface area contributed by atoms with Crippen molar-refractivity contribution in [2.75, 3.05) is 19.6 Å². The number of hydrogen-bond donors (Lipinski definition) is 0. The Balaban J connectivity index is 1.43. The molecule has 0 N–H and O–H groups in total. The van der Waals surface area contributed by atoms with E-state index < -0.39 is 5.60 Å². The fourth-order valence-corrected chi connectivity index (χ4v) is 4.30. The van der Waals surface area contributed by atoms with Gasteiger partial charge in [0.15, 0.2) is 0 Å². The summed E-state index contributed by atoms with van der Waals surface area (Å²) in [4.78, 5) is 14.6. The minimum absolute atomic E-state index is 0.122. The van der Waals surface area contributed by atoms with Crippen molar-refractivity contribution >= 4 is 22.8 Å². The second-order valence-corrected chi connectivity index (χ2v) is 7.96. The molecule has 4 rings (SSSR count). The van der Waals surface area contributed by atoms with E-state index in [0.717, 1.165) is 38.0 Å². The summed E-state index contributed by atoms with van der Waals surface area (Å²) in [6.07, 6.45) is 6.52. The highest BCUT2D eigenvalue weighted by atomic mass is 16.6. The zero-order valence-electron chi connectivity index (χ0n) is 17.6. The van der Waals surface area contributed by atoms with Crippen LogP contribution in [0.4, 0.5) is 0 Å². The normalized spacial score (nSPS) is 16.7. The van der Waals surface area contributed by atoms with Gasteiger partial charge in [0.2, 0.25) is 0 Å². The van der Waals surface area contributed by atoms with Crippen LogP contribution in [0.25, 0.3) is 16.8 Å². The Bertz CT molecular complexity index is 1010. The van der Waals surface area contributed by atoms with Crippen LogP contribution in [0.15, 0.2) is 78.9 Å². The molecule has 1 aliphatic heterocycles. The van der Waals surface area contributed by atoms with Gasteiger partial charge in [0.1, 0.15) is 5.60 Å². The van der Waals surface area contributed by atoms with Crippen LogP contribution in [0.1, 0.15) is 37.3 Å². The molecule has 3 heteroatoms. The van der Waals surface area contributed by atoms with Crippen LogP contribution in [0.3, 0.4) is 0 Å². The third-order valence-corrected chi connectivity index (χ3v) is 6.05. The van der Waals surface area contributed by atoms with Gasteiger partial charge in [-0.05, 0) is 21.9 Å². The summed E-state index contributed by atoms with van der Waals surface area (Å²) in [5.41, 5.74) is 1.86. The van der Waals surface area contributed by atoms with E-state index in [2.05, 4.69) is 71.6 Å². The Morgan fingerprint density at radius 1 is 0.967 bits per heavy atom. The number of ether oxygens (including phenoxy) is 1. The molecule has 0 aliphatic carbocycles. The molecule has 0 saturated carbocycles. The predicted octanol–water partition coefficient (Wildman–Crippen LogP) is 5.80. The van der Waals surface area contributed by atoms with E-state index in [9.17, 15) is 4.79 Å². The molecule has 1 heterocycles. The van der Waals surface area contributed by atoms with Crippen LogP contribution >= 0.6 is 0 Å². The summed E-state index contributed by atoms with van der Waals surface area (Å²) in [5, 5.41) is 2.55. The van der Waals surface area contributed by atoms with E-state index in [0.29, 0.717) is 6.42 Å². The van der Waals surface area contributed by atoms with Crippen LogP contribution in [0.2, 0.25) is 0 Å². The topological polar surface area (TPSA) is 29.5 Å². The minimum atomic E-state index is -0.496. The van der Waals surface area contributed by atoms with Crippen molar-refractivity contribution < 1.29 is 9.53 Å². The molecule has 0 bridgehead atoms. The number of nitrogens with zero attached hydrogens (tertiary/aromatic N) is 1. The number of carbonyl (C=O) groups excluding carboxylic acids is 1. The van der Waals surface area contributed by atoms with Gasteiger partial charge in [0.05, 0.1) is 0 Å². The molecule has 0 amide bonds. The van der Waals surface area contributed by atoms with Crippen LogP contribution in [-0.2, 0) is 15.1 Å². The lowest BCUT2D eigenvalue weighted by molar-refractivity contribution is -0.166. The molecule has 1 fully saturated rings. The summed E-state index contributed by atoms with van der Waals surface area (Å²) >= 11 is 0. The van der Waals surface area contributed by atoms with E-state index in [1.54, 1.807) is 0 Å². The van der Waals surface area contributed by atoms with Gasteiger partial charge in [-0.15, -0.1) is 0 Å². The first-order valence-corrected chi connectivity index (χ1v) is 10.8. The monoisotopic (exact) mass is 399 g/mol. The molecule has 0 spiro atoms. The van der Waals surface area contributed by atoms with Crippen molar-refractivity contribution in [2.24, 2.45) is 0 Å². The second kappa shape index (κ2) is 9.27. The zero-order chi connectivity index (χ0) is 20.8. The molecule has 1 saturated heterocycles. The van der Waals surface area contributed by atoms with Crippen molar-refractivity contribution in [3.05, 3.63) is 90.0 Å². The number of piperidine rings is 1. The highest BCUT2D eigenvalue weighted by Crippen LogP contribution is 2.37. The third kappa shape index (κ3) is 4.47. The summed E-state index contributed by atoms with van der Waals surface area (Å²) in [5.74, 6) is -0.122. The zero-order valence-corrected chi connectivity index (χ0v) is 17.6. The summed E-state index contributed by atoms with van der Waals surface area (Å²) in [6.45, 7) is 4.57.